The Bertz CT molecular complexity index is 341. The molecule has 0 saturated carbocycles. The second-order valence-electron chi connectivity index (χ2n) is 4.96. The number of quaternary nitrogens is 1. The minimum absolute atomic E-state index is 0.730. The maximum Gasteiger partial charge on any atom is 0.148 e. The third kappa shape index (κ3) is 2.61. The largest absolute Gasteiger partial charge is 0.330 e. The molecule has 16 heavy (non-hydrogen) atoms. The molecule has 1 aliphatic heterocycles. The van der Waals surface area contributed by atoms with Gasteiger partial charge in [-0.15, -0.1) is 0 Å². The lowest BCUT2D eigenvalue weighted by atomic mass is 10.1. The molecule has 1 saturated heterocycles. The van der Waals surface area contributed by atoms with E-state index >= 15 is 0 Å². The van der Waals surface area contributed by atoms with Crippen LogP contribution in [0.5, 0.6) is 0 Å². The van der Waals surface area contributed by atoms with Crippen LogP contribution < -0.4 is 5.73 Å². The average Bonchev–Trinajstić information content (AvgIpc) is 3.01. The first kappa shape index (κ1) is 11.6. The summed E-state index contributed by atoms with van der Waals surface area (Å²) in [6.07, 6.45) is 0.976. The van der Waals surface area contributed by atoms with Crippen molar-refractivity contribution < 1.29 is 4.59 Å². The van der Waals surface area contributed by atoms with E-state index in [-0.39, 0.29) is 0 Å². The highest BCUT2D eigenvalue weighted by Crippen LogP contribution is 2.21. The Hall–Kier alpha value is -0.900. The number of rotatable bonds is 5. The van der Waals surface area contributed by atoms with E-state index in [1.807, 2.05) is 0 Å². The molecule has 3 nitrogen and oxygen atoms in total. The summed E-state index contributed by atoms with van der Waals surface area (Å²) in [6.45, 7) is 4.32. The van der Waals surface area contributed by atoms with Gasteiger partial charge in [0.2, 0.25) is 0 Å². The molecule has 2 N–H and O–H groups in total. The predicted octanol–water partition coefficient (Wildman–Crippen LogP) is 0.995. The Morgan fingerprint density at radius 1 is 1.19 bits per heavy atom. The van der Waals surface area contributed by atoms with Crippen LogP contribution in [-0.4, -0.2) is 43.3 Å². The number of hydrogen-bond acceptors (Lipinski definition) is 2. The van der Waals surface area contributed by atoms with Crippen LogP contribution in [0.3, 0.4) is 0 Å². The molecule has 0 atom stereocenters. The maximum atomic E-state index is 5.53. The summed E-state index contributed by atoms with van der Waals surface area (Å²) in [5.41, 5.74) is 8.25. The van der Waals surface area contributed by atoms with Gasteiger partial charge >= 0.3 is 0 Å². The summed E-state index contributed by atoms with van der Waals surface area (Å²) in [7, 11) is 4.48. The SMILES string of the molecule is CN(Cc1ccc(CCN)cc1)[N+]1(C)CC1. The highest BCUT2D eigenvalue weighted by molar-refractivity contribution is 5.22. The lowest BCUT2D eigenvalue weighted by molar-refractivity contribution is -0.906. The van der Waals surface area contributed by atoms with Crippen LogP contribution in [0.25, 0.3) is 0 Å². The first-order valence-electron chi connectivity index (χ1n) is 5.98. The standard InChI is InChI=1S/C13H22N3/c1-15(16(2)9-10-16)11-13-5-3-12(4-6-13)7-8-14/h3-6H,7-11,14H2,1-2H3/q+1. The number of likely N-dealkylation sites (N-methyl/N-ethyl adjacent to an activating group) is 1. The Morgan fingerprint density at radius 3 is 2.25 bits per heavy atom. The zero-order valence-electron chi connectivity index (χ0n) is 10.3. The van der Waals surface area contributed by atoms with Crippen molar-refractivity contribution in [2.45, 2.75) is 13.0 Å². The van der Waals surface area contributed by atoms with Gasteiger partial charge in [0.1, 0.15) is 13.1 Å². The number of hydrogen-bond donors (Lipinski definition) is 1. The van der Waals surface area contributed by atoms with E-state index in [2.05, 4.69) is 43.4 Å². The predicted molar refractivity (Wildman–Crippen MR) is 66.6 cm³/mol. The van der Waals surface area contributed by atoms with Crippen LogP contribution in [0.1, 0.15) is 11.1 Å². The van der Waals surface area contributed by atoms with Gasteiger partial charge < -0.3 is 5.73 Å². The molecule has 0 bridgehead atoms. The van der Waals surface area contributed by atoms with Gasteiger partial charge in [-0.25, -0.2) is 4.59 Å². The van der Waals surface area contributed by atoms with E-state index in [9.17, 15) is 0 Å². The minimum atomic E-state index is 0.730. The number of benzene rings is 1. The second-order valence-corrected chi connectivity index (χ2v) is 4.96. The summed E-state index contributed by atoms with van der Waals surface area (Å²) in [5.74, 6) is 0. The zero-order chi connectivity index (χ0) is 11.6. The van der Waals surface area contributed by atoms with Crippen LogP contribution >= 0.6 is 0 Å². The molecule has 1 aromatic rings. The lowest BCUT2D eigenvalue weighted by Gasteiger charge is -2.24. The Labute approximate surface area is 98.0 Å². The summed E-state index contributed by atoms with van der Waals surface area (Å²) >= 11 is 0. The average molecular weight is 220 g/mol. The summed E-state index contributed by atoms with van der Waals surface area (Å²) in [6, 6.07) is 8.82. The Balaban J connectivity index is 1.94. The third-order valence-corrected chi connectivity index (χ3v) is 3.56. The van der Waals surface area contributed by atoms with Crippen molar-refractivity contribution >= 4 is 0 Å². The zero-order valence-corrected chi connectivity index (χ0v) is 10.3. The quantitative estimate of drug-likeness (QED) is 0.592. The molecule has 0 unspecified atom stereocenters. The van der Waals surface area contributed by atoms with Crippen molar-refractivity contribution in [1.82, 2.24) is 5.01 Å². The smallest absolute Gasteiger partial charge is 0.148 e. The fourth-order valence-corrected chi connectivity index (χ4v) is 1.90. The van der Waals surface area contributed by atoms with Crippen molar-refractivity contribution in [3.63, 3.8) is 0 Å². The van der Waals surface area contributed by atoms with Gasteiger partial charge in [0.05, 0.1) is 13.6 Å². The van der Waals surface area contributed by atoms with Gasteiger partial charge in [0.15, 0.2) is 0 Å². The summed E-state index contributed by atoms with van der Waals surface area (Å²) < 4.78 is 1.09. The monoisotopic (exact) mass is 220 g/mol. The van der Waals surface area contributed by atoms with Gasteiger partial charge in [-0.05, 0) is 24.1 Å². The molecule has 0 aromatic heterocycles. The molecule has 1 fully saturated rings. The first-order chi connectivity index (χ1) is 7.64. The van der Waals surface area contributed by atoms with Crippen molar-refractivity contribution in [3.8, 4) is 0 Å². The molecular weight excluding hydrogens is 198 g/mol. The number of nitrogens with two attached hydrogens (primary N) is 1. The fourth-order valence-electron chi connectivity index (χ4n) is 1.90. The fraction of sp³-hybridized carbons (Fsp3) is 0.538. The van der Waals surface area contributed by atoms with Crippen molar-refractivity contribution in [2.24, 2.45) is 5.73 Å². The van der Waals surface area contributed by atoms with Crippen molar-refractivity contribution in [2.75, 3.05) is 33.7 Å². The highest BCUT2D eigenvalue weighted by Gasteiger charge is 2.41. The van der Waals surface area contributed by atoms with Gasteiger partial charge in [0, 0.05) is 7.05 Å². The van der Waals surface area contributed by atoms with Crippen LogP contribution in [0.2, 0.25) is 0 Å². The highest BCUT2D eigenvalue weighted by atomic mass is 15.8. The summed E-state index contributed by atoms with van der Waals surface area (Å²) in [4.78, 5) is 0. The maximum absolute atomic E-state index is 5.53. The van der Waals surface area contributed by atoms with E-state index in [0.29, 0.717) is 0 Å². The molecule has 0 aliphatic carbocycles. The molecule has 1 aliphatic rings. The Kier molecular flexibility index (Phi) is 3.28. The molecular formula is C13H22N3+. The van der Waals surface area contributed by atoms with Gasteiger partial charge in [-0.3, -0.25) is 0 Å². The summed E-state index contributed by atoms with van der Waals surface area (Å²) in [5, 5.41) is 2.40. The van der Waals surface area contributed by atoms with Gasteiger partial charge in [-0.2, -0.15) is 5.01 Å². The molecule has 0 spiro atoms. The van der Waals surface area contributed by atoms with Crippen LogP contribution in [0.4, 0.5) is 0 Å². The molecule has 0 radical (unpaired) electrons. The lowest BCUT2D eigenvalue weighted by Crippen LogP contribution is -2.38. The third-order valence-electron chi connectivity index (χ3n) is 3.56. The van der Waals surface area contributed by atoms with E-state index in [0.717, 1.165) is 24.1 Å². The second kappa shape index (κ2) is 4.53. The van der Waals surface area contributed by atoms with E-state index in [1.165, 1.54) is 24.2 Å². The van der Waals surface area contributed by atoms with Crippen LogP contribution in [-0.2, 0) is 13.0 Å². The minimum Gasteiger partial charge on any atom is -0.330 e. The molecule has 88 valence electrons. The molecule has 1 aromatic carbocycles. The molecule has 3 heteroatoms. The molecule has 2 rings (SSSR count). The van der Waals surface area contributed by atoms with Gasteiger partial charge in [0.25, 0.3) is 0 Å². The molecule has 1 heterocycles. The topological polar surface area (TPSA) is 29.3 Å². The Morgan fingerprint density at radius 2 is 1.75 bits per heavy atom. The number of nitrogens with zero attached hydrogens (tertiary/aromatic N) is 2. The van der Waals surface area contributed by atoms with Crippen molar-refractivity contribution in [1.29, 1.82) is 0 Å². The first-order valence-corrected chi connectivity index (χ1v) is 5.98. The van der Waals surface area contributed by atoms with Crippen LogP contribution in [0, 0.1) is 0 Å². The van der Waals surface area contributed by atoms with E-state index in [1.54, 1.807) is 0 Å². The van der Waals surface area contributed by atoms with E-state index in [4.69, 9.17) is 5.73 Å². The molecule has 0 amide bonds. The van der Waals surface area contributed by atoms with E-state index < -0.39 is 0 Å². The normalized spacial score (nSPS) is 17.8. The van der Waals surface area contributed by atoms with Crippen LogP contribution in [0.15, 0.2) is 24.3 Å². The van der Waals surface area contributed by atoms with Crippen molar-refractivity contribution in [3.05, 3.63) is 35.4 Å². The van der Waals surface area contributed by atoms with Gasteiger partial charge in [-0.1, -0.05) is 24.3 Å².